The van der Waals surface area contributed by atoms with Crippen molar-refractivity contribution in [2.75, 3.05) is 6.61 Å². The summed E-state index contributed by atoms with van der Waals surface area (Å²) in [5.41, 5.74) is 0. The minimum atomic E-state index is -4.38. The Kier molecular flexibility index (Phi) is 7.52. The first-order chi connectivity index (χ1) is 7.29. The van der Waals surface area contributed by atoms with Crippen LogP contribution in [0.25, 0.3) is 0 Å². The third-order valence-electron chi connectivity index (χ3n) is 2.11. The fourth-order valence-corrected chi connectivity index (χ4v) is 3.17. The largest absolute Gasteiger partial charge is 0.421 e. The molecule has 2 unspecified atom stereocenters. The summed E-state index contributed by atoms with van der Waals surface area (Å²) in [6.45, 7) is -0.169. The van der Waals surface area contributed by atoms with Crippen LogP contribution >= 0.6 is 15.6 Å². The van der Waals surface area contributed by atoms with Gasteiger partial charge >= 0.3 is 15.6 Å². The zero-order valence-electron chi connectivity index (χ0n) is 8.64. The summed E-state index contributed by atoms with van der Waals surface area (Å²) in [4.78, 5) is 26.6. The summed E-state index contributed by atoms with van der Waals surface area (Å²) in [6.07, 6.45) is -0.234. The normalized spacial score (nSPS) is 15.8. The van der Waals surface area contributed by atoms with Crippen molar-refractivity contribution in [1.82, 2.24) is 0 Å². The Morgan fingerprint density at radius 1 is 1.06 bits per heavy atom. The monoisotopic (exact) mass is 275 g/mol. The van der Waals surface area contributed by atoms with Crippen LogP contribution in [0.2, 0.25) is 0 Å². The molecule has 0 rings (SSSR count). The van der Waals surface area contributed by atoms with E-state index in [1.54, 1.807) is 0 Å². The van der Waals surface area contributed by atoms with E-state index in [2.05, 4.69) is 0 Å². The first kappa shape index (κ1) is 16.1. The third kappa shape index (κ3) is 6.66. The quantitative estimate of drug-likeness (QED) is 0.397. The Hall–Kier alpha value is 0.130. The van der Waals surface area contributed by atoms with Crippen LogP contribution in [-0.4, -0.2) is 43.0 Å². The predicted molar refractivity (Wildman–Crippen MR) is 57.2 cm³/mol. The van der Waals surface area contributed by atoms with Crippen molar-refractivity contribution >= 4 is 15.6 Å². The maximum absolute atomic E-state index is 10.6. The van der Waals surface area contributed by atoms with Crippen LogP contribution in [0, 0.1) is 0 Å². The summed E-state index contributed by atoms with van der Waals surface area (Å²) in [5, 5.41) is 16.1. The van der Waals surface area contributed by atoms with Gasteiger partial charge < -0.3 is 10.2 Å². The molecule has 0 bridgehead atoms. The molecule has 16 heavy (non-hydrogen) atoms. The number of hydrogen-bond donors (Lipinski definition) is 5. The van der Waals surface area contributed by atoms with Crippen LogP contribution < -0.4 is 0 Å². The highest BCUT2D eigenvalue weighted by molar-refractivity contribution is 7.68. The van der Waals surface area contributed by atoms with E-state index in [0.29, 0.717) is 0 Å². The molecule has 0 aliphatic rings. The summed E-state index contributed by atoms with van der Waals surface area (Å²) in [5.74, 6) is 0. The minimum Gasteiger partial charge on any atom is -0.396 e. The molecule has 0 aromatic carbocycles. The lowest BCUT2D eigenvalue weighted by molar-refractivity contribution is 0.122. The zero-order valence-corrected chi connectivity index (χ0v) is 10.4. The molecule has 0 heterocycles. The van der Waals surface area contributed by atoms with Crippen molar-refractivity contribution in [3.05, 3.63) is 0 Å². The van der Waals surface area contributed by atoms with Gasteiger partial charge in [-0.15, -0.1) is 0 Å². The van der Waals surface area contributed by atoms with Gasteiger partial charge in [0.25, 0.3) is 5.40 Å². The van der Waals surface area contributed by atoms with Crippen LogP contribution in [0.15, 0.2) is 0 Å². The summed E-state index contributed by atoms with van der Waals surface area (Å²) >= 11 is 0. The van der Waals surface area contributed by atoms with Crippen LogP contribution in [0.5, 0.6) is 0 Å². The standard InChI is InChI=1S/C7H17O7P2/c8-5-4-6(9)2-1-3-7(15(10)11)16(12,13)14/h6-9,12-14H,1-5H2/q+1. The van der Waals surface area contributed by atoms with E-state index in [-0.39, 0.29) is 32.3 Å². The van der Waals surface area contributed by atoms with Gasteiger partial charge in [-0.2, -0.15) is 14.7 Å². The molecule has 0 saturated heterocycles. The van der Waals surface area contributed by atoms with Gasteiger partial charge in [0.2, 0.25) is 0 Å². The molecule has 0 spiro atoms. The molecule has 0 aliphatic heterocycles. The average molecular weight is 275 g/mol. The van der Waals surface area contributed by atoms with E-state index < -0.39 is 27.1 Å². The highest BCUT2D eigenvalue weighted by Crippen LogP contribution is 2.58. The van der Waals surface area contributed by atoms with Crippen molar-refractivity contribution in [1.29, 1.82) is 0 Å². The Morgan fingerprint density at radius 3 is 2.00 bits per heavy atom. The van der Waals surface area contributed by atoms with Gasteiger partial charge in [-0.05, 0) is 19.3 Å². The second-order valence-electron chi connectivity index (χ2n) is 3.48. The average Bonchev–Trinajstić information content (AvgIpc) is 2.10. The molecule has 0 fully saturated rings. The fourth-order valence-electron chi connectivity index (χ4n) is 1.23. The van der Waals surface area contributed by atoms with Gasteiger partial charge in [-0.3, -0.25) is 0 Å². The van der Waals surface area contributed by atoms with Crippen molar-refractivity contribution < 1.29 is 34.0 Å². The SMILES string of the molecule is O=P(=O)C(CCCC(O)CCO)[P+](O)(O)O. The minimum absolute atomic E-state index is 0.127. The molecule has 0 aliphatic carbocycles. The van der Waals surface area contributed by atoms with Crippen molar-refractivity contribution in [3.8, 4) is 0 Å². The topological polar surface area (TPSA) is 135 Å². The molecular weight excluding hydrogens is 258 g/mol. The molecule has 9 heteroatoms. The lowest BCUT2D eigenvalue weighted by Gasteiger charge is -2.12. The van der Waals surface area contributed by atoms with Crippen LogP contribution in [0.1, 0.15) is 25.7 Å². The maximum Gasteiger partial charge on any atom is 0.421 e. The first-order valence-corrected chi connectivity index (χ1v) is 7.74. The molecule has 7 nitrogen and oxygen atoms in total. The Balaban J connectivity index is 4.06. The van der Waals surface area contributed by atoms with Crippen molar-refractivity contribution in [3.63, 3.8) is 0 Å². The molecule has 0 radical (unpaired) electrons. The van der Waals surface area contributed by atoms with Crippen molar-refractivity contribution in [2.45, 2.75) is 37.2 Å². The lowest BCUT2D eigenvalue weighted by Crippen LogP contribution is -2.11. The van der Waals surface area contributed by atoms with Gasteiger partial charge in [0.05, 0.1) is 6.10 Å². The van der Waals surface area contributed by atoms with E-state index >= 15 is 0 Å². The van der Waals surface area contributed by atoms with Gasteiger partial charge in [0, 0.05) is 13.0 Å². The van der Waals surface area contributed by atoms with Gasteiger partial charge in [0.15, 0.2) is 0 Å². The molecule has 0 saturated carbocycles. The predicted octanol–water partition coefficient (Wildman–Crippen LogP) is 0.138. The van der Waals surface area contributed by atoms with Crippen molar-refractivity contribution in [2.24, 2.45) is 0 Å². The Bertz CT molecular complexity index is 252. The molecule has 0 aromatic heterocycles. The Labute approximate surface area is 94.2 Å². The van der Waals surface area contributed by atoms with Crippen LogP contribution in [0.4, 0.5) is 0 Å². The smallest absolute Gasteiger partial charge is 0.396 e. The number of aliphatic hydroxyl groups excluding tert-OH is 2. The molecule has 2 atom stereocenters. The van der Waals surface area contributed by atoms with Gasteiger partial charge in [-0.25, -0.2) is 9.13 Å². The number of hydrogen-bond acceptors (Lipinski definition) is 7. The number of rotatable bonds is 8. The molecular formula is C7H17O7P2+. The van der Waals surface area contributed by atoms with E-state index in [9.17, 15) is 14.2 Å². The van der Waals surface area contributed by atoms with E-state index in [4.69, 9.17) is 19.8 Å². The summed E-state index contributed by atoms with van der Waals surface area (Å²) in [7, 11) is -7.51. The fraction of sp³-hybridized carbons (Fsp3) is 1.00. The maximum atomic E-state index is 10.6. The van der Waals surface area contributed by atoms with E-state index in [1.807, 2.05) is 0 Å². The summed E-state index contributed by atoms with van der Waals surface area (Å²) in [6, 6.07) is 0. The van der Waals surface area contributed by atoms with Crippen LogP contribution in [-0.2, 0) is 9.13 Å². The highest BCUT2D eigenvalue weighted by Gasteiger charge is 2.46. The van der Waals surface area contributed by atoms with E-state index in [1.165, 1.54) is 0 Å². The van der Waals surface area contributed by atoms with Crippen LogP contribution in [0.3, 0.4) is 0 Å². The molecule has 96 valence electrons. The zero-order chi connectivity index (χ0) is 12.8. The molecule has 0 aromatic rings. The molecule has 5 N–H and O–H groups in total. The first-order valence-electron chi connectivity index (χ1n) is 4.78. The van der Waals surface area contributed by atoms with E-state index in [0.717, 1.165) is 0 Å². The second kappa shape index (κ2) is 7.45. The third-order valence-corrected chi connectivity index (χ3v) is 5.40. The van der Waals surface area contributed by atoms with Gasteiger partial charge in [0.1, 0.15) is 0 Å². The second-order valence-corrected chi connectivity index (χ2v) is 6.93. The summed E-state index contributed by atoms with van der Waals surface area (Å²) < 4.78 is 21.3. The lowest BCUT2D eigenvalue weighted by atomic mass is 10.1. The Morgan fingerprint density at radius 2 is 1.62 bits per heavy atom. The van der Waals surface area contributed by atoms with Gasteiger partial charge in [-0.1, -0.05) is 0 Å². The molecule has 0 amide bonds. The highest BCUT2D eigenvalue weighted by atomic mass is 31.2. The number of aliphatic hydroxyl groups is 2.